The van der Waals surface area contributed by atoms with Gasteiger partial charge in [-0.1, -0.05) is 0 Å². The minimum Gasteiger partial charge on any atom is -0.444 e. The molecule has 2 amide bonds. The summed E-state index contributed by atoms with van der Waals surface area (Å²) >= 11 is 0. The highest BCUT2D eigenvalue weighted by molar-refractivity contribution is 7.89. The smallest absolute Gasteiger partial charge is 0.410 e. The van der Waals surface area contributed by atoms with Gasteiger partial charge in [0.25, 0.3) is 0 Å². The molecule has 122 valence electrons. The molecule has 1 atom stereocenters. The lowest BCUT2D eigenvalue weighted by Crippen LogP contribution is -2.40. The molecular weight excluding hydrogens is 298 g/mol. The number of likely N-dealkylation sites (tertiary alicyclic amines) is 1. The van der Waals surface area contributed by atoms with Crippen molar-refractivity contribution in [3.8, 4) is 0 Å². The van der Waals surface area contributed by atoms with Crippen molar-refractivity contribution in [2.24, 2.45) is 5.14 Å². The van der Waals surface area contributed by atoms with Crippen molar-refractivity contribution in [2.45, 2.75) is 38.0 Å². The number of hydrogen-bond acceptors (Lipinski definition) is 5. The van der Waals surface area contributed by atoms with Gasteiger partial charge in [0.1, 0.15) is 10.9 Å². The summed E-state index contributed by atoms with van der Waals surface area (Å²) in [6, 6.07) is 0. The number of carbonyl (C=O) groups is 2. The third-order valence-corrected chi connectivity index (χ3v) is 4.30. The van der Waals surface area contributed by atoms with E-state index in [4.69, 9.17) is 9.88 Å². The number of primary sulfonamides is 1. The summed E-state index contributed by atoms with van der Waals surface area (Å²) in [5.74, 6) is -0.272. The van der Waals surface area contributed by atoms with Crippen molar-refractivity contribution < 1.29 is 22.7 Å². The second-order valence-electron chi connectivity index (χ2n) is 6.16. The van der Waals surface area contributed by atoms with Gasteiger partial charge < -0.3 is 14.5 Å². The van der Waals surface area contributed by atoms with E-state index in [1.165, 1.54) is 9.80 Å². The topological polar surface area (TPSA) is 110 Å². The Hall–Kier alpha value is -1.35. The van der Waals surface area contributed by atoms with E-state index in [9.17, 15) is 18.0 Å². The molecule has 1 rings (SSSR count). The van der Waals surface area contributed by atoms with Gasteiger partial charge in [0.05, 0.1) is 0 Å². The summed E-state index contributed by atoms with van der Waals surface area (Å²) in [6.45, 7) is 5.87. The van der Waals surface area contributed by atoms with Crippen LogP contribution in [0.4, 0.5) is 4.79 Å². The van der Waals surface area contributed by atoms with Crippen LogP contribution in [0.25, 0.3) is 0 Å². The number of rotatable bonds is 4. The Bertz CT molecular complexity index is 511. The van der Waals surface area contributed by atoms with Gasteiger partial charge in [-0.15, -0.1) is 0 Å². The average molecular weight is 321 g/mol. The van der Waals surface area contributed by atoms with Crippen LogP contribution < -0.4 is 5.14 Å². The quantitative estimate of drug-likeness (QED) is 0.767. The summed E-state index contributed by atoms with van der Waals surface area (Å²) in [7, 11) is -2.15. The number of ether oxygens (including phenoxy) is 1. The number of hydrogen-bond donors (Lipinski definition) is 1. The van der Waals surface area contributed by atoms with E-state index in [2.05, 4.69) is 0 Å². The Morgan fingerprint density at radius 1 is 1.48 bits per heavy atom. The molecule has 8 nitrogen and oxygen atoms in total. The largest absolute Gasteiger partial charge is 0.444 e. The Balaban J connectivity index is 2.49. The van der Waals surface area contributed by atoms with E-state index >= 15 is 0 Å². The van der Waals surface area contributed by atoms with Gasteiger partial charge in [0, 0.05) is 33.1 Å². The number of nitrogens with two attached hydrogens (primary N) is 1. The minimum absolute atomic E-state index is 0.0693. The van der Waals surface area contributed by atoms with Crippen LogP contribution in [0.3, 0.4) is 0 Å². The van der Waals surface area contributed by atoms with Crippen LogP contribution in [0.5, 0.6) is 0 Å². The lowest BCUT2D eigenvalue weighted by atomic mass is 10.2. The maximum Gasteiger partial charge on any atom is 0.410 e. The molecule has 1 saturated heterocycles. The van der Waals surface area contributed by atoms with Gasteiger partial charge in [-0.3, -0.25) is 4.79 Å². The maximum atomic E-state index is 11.8. The summed E-state index contributed by atoms with van der Waals surface area (Å²) in [5.41, 5.74) is -0.590. The molecule has 0 aromatic carbocycles. The first kappa shape index (κ1) is 17.7. The van der Waals surface area contributed by atoms with E-state index in [-0.39, 0.29) is 32.0 Å². The lowest BCUT2D eigenvalue weighted by molar-refractivity contribution is -0.127. The molecular formula is C12H23N3O5S. The van der Waals surface area contributed by atoms with Gasteiger partial charge >= 0.3 is 6.09 Å². The van der Waals surface area contributed by atoms with Crippen LogP contribution in [0.15, 0.2) is 0 Å². The molecule has 9 heteroatoms. The average Bonchev–Trinajstić information content (AvgIpc) is 2.65. The van der Waals surface area contributed by atoms with Crippen LogP contribution in [-0.4, -0.2) is 67.8 Å². The zero-order chi connectivity index (χ0) is 16.4. The molecule has 1 aliphatic rings. The molecule has 0 radical (unpaired) electrons. The number of amides is 2. The number of nitrogens with zero attached hydrogens (tertiary/aromatic N) is 2. The predicted octanol–water partition coefficient (Wildman–Crippen LogP) is -0.257. The fourth-order valence-corrected chi connectivity index (χ4v) is 2.64. The van der Waals surface area contributed by atoms with E-state index in [0.717, 1.165) is 0 Å². The Morgan fingerprint density at radius 3 is 2.48 bits per heavy atom. The molecule has 0 aromatic rings. The first-order valence-electron chi connectivity index (χ1n) is 6.63. The highest BCUT2D eigenvalue weighted by Gasteiger charge is 2.36. The zero-order valence-corrected chi connectivity index (χ0v) is 13.6. The molecule has 2 N–H and O–H groups in total. The van der Waals surface area contributed by atoms with Crippen molar-refractivity contribution in [2.75, 3.05) is 26.7 Å². The standard InChI is InChI=1S/C12H23N3O5S/c1-12(2,3)20-11(17)14(4)5-6-15-8-9(7-10(15)16)21(13,18)19/h9H,5-8H2,1-4H3,(H2,13,18,19). The molecule has 1 aliphatic heterocycles. The number of likely N-dealkylation sites (N-methyl/N-ethyl adjacent to an activating group) is 1. The fraction of sp³-hybridized carbons (Fsp3) is 0.833. The molecule has 0 aromatic heterocycles. The summed E-state index contributed by atoms with van der Waals surface area (Å²) < 4.78 is 27.7. The fourth-order valence-electron chi connectivity index (χ4n) is 1.87. The van der Waals surface area contributed by atoms with Crippen molar-refractivity contribution in [3.63, 3.8) is 0 Å². The van der Waals surface area contributed by atoms with Crippen LogP contribution in [0.1, 0.15) is 27.2 Å². The van der Waals surface area contributed by atoms with Crippen LogP contribution in [0.2, 0.25) is 0 Å². The second kappa shape index (κ2) is 6.18. The van der Waals surface area contributed by atoms with Crippen LogP contribution in [-0.2, 0) is 19.6 Å². The van der Waals surface area contributed by atoms with E-state index in [0.29, 0.717) is 0 Å². The Kier molecular flexibility index (Phi) is 5.21. The highest BCUT2D eigenvalue weighted by atomic mass is 32.2. The zero-order valence-electron chi connectivity index (χ0n) is 12.8. The molecule has 0 spiro atoms. The van der Waals surface area contributed by atoms with Gasteiger partial charge in [0.15, 0.2) is 0 Å². The summed E-state index contributed by atoms with van der Waals surface area (Å²) in [4.78, 5) is 26.2. The number of sulfonamides is 1. The summed E-state index contributed by atoms with van der Waals surface area (Å²) in [5, 5.41) is 4.18. The van der Waals surface area contributed by atoms with Gasteiger partial charge in [-0.05, 0) is 20.8 Å². The van der Waals surface area contributed by atoms with Crippen molar-refractivity contribution in [3.05, 3.63) is 0 Å². The molecule has 0 aliphatic carbocycles. The Morgan fingerprint density at radius 2 is 2.05 bits per heavy atom. The molecule has 0 saturated carbocycles. The molecule has 21 heavy (non-hydrogen) atoms. The van der Waals surface area contributed by atoms with Crippen molar-refractivity contribution in [1.29, 1.82) is 0 Å². The first-order valence-corrected chi connectivity index (χ1v) is 8.24. The van der Waals surface area contributed by atoms with Crippen molar-refractivity contribution >= 4 is 22.0 Å². The van der Waals surface area contributed by atoms with Crippen LogP contribution >= 0.6 is 0 Å². The normalized spacial score (nSPS) is 19.8. The minimum atomic E-state index is -3.72. The van der Waals surface area contributed by atoms with E-state index in [1.54, 1.807) is 27.8 Å². The van der Waals surface area contributed by atoms with E-state index in [1.807, 2.05) is 0 Å². The van der Waals surface area contributed by atoms with Gasteiger partial charge in [-0.25, -0.2) is 18.4 Å². The van der Waals surface area contributed by atoms with Gasteiger partial charge in [0.2, 0.25) is 15.9 Å². The molecule has 1 fully saturated rings. The maximum absolute atomic E-state index is 11.8. The monoisotopic (exact) mass is 321 g/mol. The molecule has 1 heterocycles. The number of carbonyl (C=O) groups excluding carboxylic acids is 2. The van der Waals surface area contributed by atoms with E-state index < -0.39 is 27.0 Å². The van der Waals surface area contributed by atoms with Crippen molar-refractivity contribution in [1.82, 2.24) is 9.80 Å². The first-order chi connectivity index (χ1) is 9.40. The van der Waals surface area contributed by atoms with Gasteiger partial charge in [-0.2, -0.15) is 0 Å². The lowest BCUT2D eigenvalue weighted by Gasteiger charge is -2.26. The second-order valence-corrected chi connectivity index (χ2v) is 8.00. The SMILES string of the molecule is CN(CCN1CC(S(N)(=O)=O)CC1=O)C(=O)OC(C)(C)C. The Labute approximate surface area is 125 Å². The highest BCUT2D eigenvalue weighted by Crippen LogP contribution is 2.16. The van der Waals surface area contributed by atoms with Crippen LogP contribution in [0, 0.1) is 0 Å². The third kappa shape index (κ3) is 5.50. The molecule has 0 bridgehead atoms. The predicted molar refractivity (Wildman–Crippen MR) is 77.0 cm³/mol. The molecule has 1 unspecified atom stereocenters. The summed E-state index contributed by atoms with van der Waals surface area (Å²) in [6.07, 6.45) is -0.591. The third-order valence-electron chi connectivity index (χ3n) is 3.05.